The fourth-order valence-corrected chi connectivity index (χ4v) is 4.55. The van der Waals surface area contributed by atoms with Gasteiger partial charge in [0.1, 0.15) is 0 Å². The molecule has 1 amide bonds. The monoisotopic (exact) mass is 330 g/mol. The number of piperidine rings is 1. The predicted octanol–water partition coefficient (Wildman–Crippen LogP) is 2.30. The lowest BCUT2D eigenvalue weighted by molar-refractivity contribution is -0.141. The second-order valence-electron chi connectivity index (χ2n) is 8.11. The van der Waals surface area contributed by atoms with Gasteiger partial charge in [0.15, 0.2) is 0 Å². The van der Waals surface area contributed by atoms with E-state index in [1.54, 1.807) is 0 Å². The average molecular weight is 330 g/mol. The first kappa shape index (κ1) is 16.1. The summed E-state index contributed by atoms with van der Waals surface area (Å²) < 4.78 is 2.04. The quantitative estimate of drug-likeness (QED) is 0.804. The van der Waals surface area contributed by atoms with Crippen LogP contribution in [0, 0.1) is 18.8 Å². The Labute approximate surface area is 145 Å². The van der Waals surface area contributed by atoms with Crippen LogP contribution in [0.1, 0.15) is 44.1 Å². The Hall–Kier alpha value is -1.36. The maximum absolute atomic E-state index is 12.8. The number of hydrogen-bond acceptors (Lipinski definition) is 3. The highest BCUT2D eigenvalue weighted by atomic mass is 16.2. The molecule has 1 saturated carbocycles. The van der Waals surface area contributed by atoms with E-state index in [4.69, 9.17) is 0 Å². The highest BCUT2D eigenvalue weighted by Gasteiger charge is 2.41. The molecule has 1 aromatic heterocycles. The molecule has 132 valence electrons. The van der Waals surface area contributed by atoms with E-state index in [0.717, 1.165) is 51.5 Å². The van der Waals surface area contributed by atoms with Gasteiger partial charge in [0.25, 0.3) is 0 Å². The minimum atomic E-state index is 0.246. The third kappa shape index (κ3) is 3.37. The van der Waals surface area contributed by atoms with Crippen molar-refractivity contribution in [2.75, 3.05) is 26.2 Å². The van der Waals surface area contributed by atoms with E-state index in [0.29, 0.717) is 11.9 Å². The lowest BCUT2D eigenvalue weighted by Crippen LogP contribution is -2.50. The van der Waals surface area contributed by atoms with Crippen molar-refractivity contribution >= 4 is 5.91 Å². The van der Waals surface area contributed by atoms with Gasteiger partial charge in [-0.15, -0.1) is 0 Å². The number of fused-ring (bicyclic) bond motifs is 4. The normalized spacial score (nSPS) is 28.2. The highest BCUT2D eigenvalue weighted by molar-refractivity contribution is 5.80. The number of amides is 1. The van der Waals surface area contributed by atoms with Crippen molar-refractivity contribution in [3.8, 4) is 0 Å². The zero-order chi connectivity index (χ0) is 16.5. The van der Waals surface area contributed by atoms with Gasteiger partial charge in [-0.3, -0.25) is 9.48 Å². The molecule has 0 unspecified atom stereocenters. The summed E-state index contributed by atoms with van der Waals surface area (Å²) >= 11 is 0. The van der Waals surface area contributed by atoms with Gasteiger partial charge in [-0.25, -0.2) is 0 Å². The fourth-order valence-electron chi connectivity index (χ4n) is 4.55. The maximum Gasteiger partial charge on any atom is 0.227 e. The average Bonchev–Trinajstić information content (AvgIpc) is 2.76. The molecule has 3 saturated heterocycles. The molecule has 0 N–H and O–H groups in total. The second-order valence-corrected chi connectivity index (χ2v) is 8.11. The lowest BCUT2D eigenvalue weighted by Gasteiger charge is -2.40. The predicted molar refractivity (Wildman–Crippen MR) is 93.6 cm³/mol. The Morgan fingerprint density at radius 3 is 2.75 bits per heavy atom. The molecule has 2 atom stereocenters. The van der Waals surface area contributed by atoms with Crippen molar-refractivity contribution in [1.82, 2.24) is 19.6 Å². The molecule has 4 fully saturated rings. The first-order chi connectivity index (χ1) is 11.7. The molecule has 4 aliphatic rings. The Morgan fingerprint density at radius 1 is 1.17 bits per heavy atom. The topological polar surface area (TPSA) is 41.4 Å². The van der Waals surface area contributed by atoms with Crippen LogP contribution < -0.4 is 0 Å². The van der Waals surface area contributed by atoms with Crippen molar-refractivity contribution < 1.29 is 4.79 Å². The summed E-state index contributed by atoms with van der Waals surface area (Å²) in [6.45, 7) is 7.20. The van der Waals surface area contributed by atoms with E-state index in [-0.39, 0.29) is 5.92 Å². The SMILES string of the molecule is Cc1cnn(CCCN2C[C@@H]3CC[C@H](C2)N(CC2CCC2)C3=O)c1. The van der Waals surface area contributed by atoms with Crippen LogP contribution >= 0.6 is 0 Å². The molecule has 0 spiro atoms. The Kier molecular flexibility index (Phi) is 4.61. The summed E-state index contributed by atoms with van der Waals surface area (Å²) in [5.74, 6) is 1.48. The molecule has 0 aromatic carbocycles. The van der Waals surface area contributed by atoms with Crippen molar-refractivity contribution in [3.63, 3.8) is 0 Å². The number of carbonyl (C=O) groups is 1. The summed E-state index contributed by atoms with van der Waals surface area (Å²) in [5.41, 5.74) is 1.22. The molecule has 5 heteroatoms. The van der Waals surface area contributed by atoms with E-state index in [1.807, 2.05) is 10.9 Å². The van der Waals surface area contributed by atoms with E-state index in [1.165, 1.54) is 31.2 Å². The maximum atomic E-state index is 12.8. The lowest BCUT2D eigenvalue weighted by atomic mass is 9.83. The molecular formula is C19H30N4O. The van der Waals surface area contributed by atoms with Gasteiger partial charge in [0.05, 0.1) is 12.1 Å². The van der Waals surface area contributed by atoms with Crippen molar-refractivity contribution in [1.29, 1.82) is 0 Å². The van der Waals surface area contributed by atoms with Crippen molar-refractivity contribution in [2.24, 2.45) is 11.8 Å². The van der Waals surface area contributed by atoms with Crippen LogP contribution in [0.5, 0.6) is 0 Å². The highest BCUT2D eigenvalue weighted by Crippen LogP contribution is 2.33. The van der Waals surface area contributed by atoms with Crippen LogP contribution in [0.25, 0.3) is 0 Å². The Morgan fingerprint density at radius 2 is 2.04 bits per heavy atom. The standard InChI is InChI=1S/C19H30N4O/c1-15-10-20-22(11-15)9-3-8-21-13-17-6-7-18(14-21)23(19(17)24)12-16-4-2-5-16/h10-11,16-18H,2-9,12-14H2,1H3/t17-,18+/m0/s1. The smallest absolute Gasteiger partial charge is 0.227 e. The zero-order valence-electron chi connectivity index (χ0n) is 14.9. The van der Waals surface area contributed by atoms with E-state index >= 15 is 0 Å². The molecule has 5 nitrogen and oxygen atoms in total. The largest absolute Gasteiger partial charge is 0.338 e. The van der Waals surface area contributed by atoms with Gasteiger partial charge in [0.2, 0.25) is 5.91 Å². The second kappa shape index (κ2) is 6.87. The van der Waals surface area contributed by atoms with Crippen molar-refractivity contribution in [3.05, 3.63) is 18.0 Å². The molecule has 1 aromatic rings. The van der Waals surface area contributed by atoms with Gasteiger partial charge >= 0.3 is 0 Å². The number of aryl methyl sites for hydroxylation is 2. The molecule has 1 aliphatic carbocycles. The molecule has 3 aliphatic heterocycles. The molecule has 0 radical (unpaired) electrons. The van der Waals surface area contributed by atoms with Gasteiger partial charge < -0.3 is 9.80 Å². The number of aromatic nitrogens is 2. The first-order valence-corrected chi connectivity index (χ1v) is 9.71. The fraction of sp³-hybridized carbons (Fsp3) is 0.789. The van der Waals surface area contributed by atoms with E-state index in [2.05, 4.69) is 28.0 Å². The van der Waals surface area contributed by atoms with Crippen LogP contribution in [0.2, 0.25) is 0 Å². The summed E-state index contributed by atoms with van der Waals surface area (Å²) in [6.07, 6.45) is 11.5. The van der Waals surface area contributed by atoms with Gasteiger partial charge in [-0.2, -0.15) is 5.10 Å². The van der Waals surface area contributed by atoms with E-state index in [9.17, 15) is 4.79 Å². The number of carbonyl (C=O) groups excluding carboxylic acids is 1. The summed E-state index contributed by atoms with van der Waals surface area (Å²) in [4.78, 5) is 17.6. The summed E-state index contributed by atoms with van der Waals surface area (Å²) in [6, 6.07) is 0.462. The molecule has 2 bridgehead atoms. The number of nitrogens with zero attached hydrogens (tertiary/aromatic N) is 4. The molecule has 5 rings (SSSR count). The van der Waals surface area contributed by atoms with Crippen LogP contribution in [0.15, 0.2) is 12.4 Å². The third-order valence-corrected chi connectivity index (χ3v) is 6.17. The summed E-state index contributed by atoms with van der Waals surface area (Å²) in [7, 11) is 0. The molecule has 4 heterocycles. The van der Waals surface area contributed by atoms with Gasteiger partial charge in [0, 0.05) is 45.0 Å². The van der Waals surface area contributed by atoms with Crippen LogP contribution in [-0.4, -0.2) is 57.7 Å². The van der Waals surface area contributed by atoms with Crippen LogP contribution in [0.4, 0.5) is 0 Å². The number of rotatable bonds is 6. The van der Waals surface area contributed by atoms with Gasteiger partial charge in [-0.1, -0.05) is 6.42 Å². The van der Waals surface area contributed by atoms with E-state index < -0.39 is 0 Å². The third-order valence-electron chi connectivity index (χ3n) is 6.17. The minimum Gasteiger partial charge on any atom is -0.338 e. The first-order valence-electron chi connectivity index (χ1n) is 9.71. The van der Waals surface area contributed by atoms with Crippen molar-refractivity contribution in [2.45, 2.75) is 58.0 Å². The van der Waals surface area contributed by atoms with Crippen LogP contribution in [0.3, 0.4) is 0 Å². The Bertz CT molecular complexity index is 580. The minimum absolute atomic E-state index is 0.246. The molecular weight excluding hydrogens is 300 g/mol. The summed E-state index contributed by atoms with van der Waals surface area (Å²) in [5, 5.41) is 4.37. The zero-order valence-corrected chi connectivity index (χ0v) is 14.9. The Balaban J connectivity index is 1.32. The number of hydrogen-bond donors (Lipinski definition) is 0. The van der Waals surface area contributed by atoms with Crippen LogP contribution in [-0.2, 0) is 11.3 Å². The molecule has 24 heavy (non-hydrogen) atoms. The van der Waals surface area contributed by atoms with Gasteiger partial charge in [-0.05, 0) is 50.5 Å².